The van der Waals surface area contributed by atoms with Crippen molar-refractivity contribution in [3.63, 3.8) is 0 Å². The third-order valence-electron chi connectivity index (χ3n) is 4.95. The van der Waals surface area contributed by atoms with Gasteiger partial charge in [-0.3, -0.25) is 4.98 Å². The van der Waals surface area contributed by atoms with Crippen molar-refractivity contribution in [1.82, 2.24) is 25.2 Å². The Morgan fingerprint density at radius 1 is 1.19 bits per heavy atom. The van der Waals surface area contributed by atoms with E-state index in [0.717, 1.165) is 30.8 Å². The zero-order valence-corrected chi connectivity index (χ0v) is 15.1. The van der Waals surface area contributed by atoms with Gasteiger partial charge in [0.1, 0.15) is 5.82 Å². The first-order valence-corrected chi connectivity index (χ1v) is 9.36. The second kappa shape index (κ2) is 8.03. The fourth-order valence-electron chi connectivity index (χ4n) is 3.63. The van der Waals surface area contributed by atoms with Gasteiger partial charge < -0.3 is 15.2 Å². The molecule has 0 fully saturated rings. The predicted molar refractivity (Wildman–Crippen MR) is 104 cm³/mol. The number of nitrogens with one attached hydrogen (secondary N) is 2. The molecule has 1 aliphatic rings. The summed E-state index contributed by atoms with van der Waals surface area (Å²) in [5, 5.41) is 6.06. The lowest BCUT2D eigenvalue weighted by Gasteiger charge is -2.26. The van der Waals surface area contributed by atoms with Crippen LogP contribution in [0.25, 0.3) is 5.69 Å². The molecule has 1 aliphatic carbocycles. The average Bonchev–Trinajstić information content (AvgIpc) is 3.17. The van der Waals surface area contributed by atoms with Gasteiger partial charge in [-0.25, -0.2) is 9.78 Å². The molecule has 0 bridgehead atoms. The molecule has 3 aromatic rings. The lowest BCUT2D eigenvalue weighted by Crippen LogP contribution is -2.40. The molecule has 6 heteroatoms. The summed E-state index contributed by atoms with van der Waals surface area (Å²) in [5.74, 6) is 0.926. The number of urea groups is 1. The minimum absolute atomic E-state index is 0.0584. The summed E-state index contributed by atoms with van der Waals surface area (Å²) in [6, 6.07) is 12.0. The van der Waals surface area contributed by atoms with Gasteiger partial charge in [-0.15, -0.1) is 0 Å². The summed E-state index contributed by atoms with van der Waals surface area (Å²) in [4.78, 5) is 20.9. The van der Waals surface area contributed by atoms with Crippen molar-refractivity contribution in [2.45, 2.75) is 31.7 Å². The SMILES string of the molecule is O=C(NCCc1nccn1-c1ccccc1)NC1CCCc2cnccc21. The van der Waals surface area contributed by atoms with E-state index in [4.69, 9.17) is 0 Å². The van der Waals surface area contributed by atoms with Crippen LogP contribution in [0.4, 0.5) is 4.79 Å². The van der Waals surface area contributed by atoms with Crippen molar-refractivity contribution in [3.05, 3.63) is 78.1 Å². The molecule has 1 atom stereocenters. The van der Waals surface area contributed by atoms with Crippen LogP contribution in [-0.2, 0) is 12.8 Å². The molecule has 0 spiro atoms. The lowest BCUT2D eigenvalue weighted by atomic mass is 9.89. The Labute approximate surface area is 158 Å². The first-order chi connectivity index (χ1) is 13.3. The van der Waals surface area contributed by atoms with Crippen LogP contribution in [0.15, 0.2) is 61.2 Å². The third kappa shape index (κ3) is 4.00. The number of rotatable bonds is 5. The van der Waals surface area contributed by atoms with Crippen LogP contribution in [0, 0.1) is 0 Å². The van der Waals surface area contributed by atoms with Crippen LogP contribution in [0.2, 0.25) is 0 Å². The van der Waals surface area contributed by atoms with Gasteiger partial charge in [0.05, 0.1) is 6.04 Å². The van der Waals surface area contributed by atoms with Gasteiger partial charge in [0.2, 0.25) is 0 Å². The van der Waals surface area contributed by atoms with E-state index in [2.05, 4.69) is 20.6 Å². The molecule has 0 saturated carbocycles. The number of aryl methyl sites for hydroxylation is 1. The van der Waals surface area contributed by atoms with Gasteiger partial charge in [-0.05, 0) is 48.6 Å². The zero-order valence-electron chi connectivity index (χ0n) is 15.1. The number of benzene rings is 1. The minimum Gasteiger partial charge on any atom is -0.338 e. The normalized spacial score (nSPS) is 15.8. The summed E-state index contributed by atoms with van der Waals surface area (Å²) in [6.45, 7) is 0.533. The Bertz CT molecular complexity index is 906. The van der Waals surface area contributed by atoms with Crippen molar-refractivity contribution < 1.29 is 4.79 Å². The highest BCUT2D eigenvalue weighted by Gasteiger charge is 2.21. The van der Waals surface area contributed by atoms with Crippen LogP contribution in [0.3, 0.4) is 0 Å². The highest BCUT2D eigenvalue weighted by atomic mass is 16.2. The van der Waals surface area contributed by atoms with Crippen LogP contribution in [0.5, 0.6) is 0 Å². The number of aromatic nitrogens is 3. The van der Waals surface area contributed by atoms with E-state index in [0.29, 0.717) is 13.0 Å². The topological polar surface area (TPSA) is 71.8 Å². The Morgan fingerprint density at radius 3 is 2.96 bits per heavy atom. The Morgan fingerprint density at radius 2 is 2.07 bits per heavy atom. The first kappa shape index (κ1) is 17.3. The number of nitrogens with zero attached hydrogens (tertiary/aromatic N) is 3. The maximum absolute atomic E-state index is 12.3. The Balaban J connectivity index is 1.32. The largest absolute Gasteiger partial charge is 0.338 e. The van der Waals surface area contributed by atoms with E-state index >= 15 is 0 Å². The van der Waals surface area contributed by atoms with Gasteiger partial charge in [0, 0.05) is 43.4 Å². The van der Waals surface area contributed by atoms with Crippen molar-refractivity contribution in [2.75, 3.05) is 6.54 Å². The molecule has 2 amide bonds. The maximum Gasteiger partial charge on any atom is 0.315 e. The number of fused-ring (bicyclic) bond motifs is 1. The highest BCUT2D eigenvalue weighted by Crippen LogP contribution is 2.28. The molecule has 1 unspecified atom stereocenters. The molecule has 2 heterocycles. The fraction of sp³-hybridized carbons (Fsp3) is 0.286. The van der Waals surface area contributed by atoms with Gasteiger partial charge in [-0.2, -0.15) is 0 Å². The van der Waals surface area contributed by atoms with Crippen molar-refractivity contribution >= 4 is 6.03 Å². The predicted octanol–water partition coefficient (Wildman–Crippen LogP) is 3.19. The number of pyridine rings is 1. The first-order valence-electron chi connectivity index (χ1n) is 9.36. The number of hydrogen-bond acceptors (Lipinski definition) is 3. The highest BCUT2D eigenvalue weighted by molar-refractivity contribution is 5.74. The maximum atomic E-state index is 12.3. The van der Waals surface area contributed by atoms with E-state index in [1.807, 2.05) is 53.4 Å². The molecular weight excluding hydrogens is 338 g/mol. The van der Waals surface area contributed by atoms with Crippen molar-refractivity contribution in [2.24, 2.45) is 0 Å². The molecular formula is C21H23N5O. The van der Waals surface area contributed by atoms with Crippen molar-refractivity contribution in [3.8, 4) is 5.69 Å². The average molecular weight is 361 g/mol. The smallest absolute Gasteiger partial charge is 0.315 e. The summed E-state index contributed by atoms with van der Waals surface area (Å²) in [7, 11) is 0. The monoisotopic (exact) mass is 361 g/mol. The summed E-state index contributed by atoms with van der Waals surface area (Å²) >= 11 is 0. The van der Waals surface area contributed by atoms with E-state index in [1.165, 1.54) is 11.1 Å². The number of amides is 2. The Kier molecular flexibility index (Phi) is 5.14. The zero-order chi connectivity index (χ0) is 18.5. The molecule has 0 radical (unpaired) electrons. The van der Waals surface area contributed by atoms with Crippen LogP contribution in [0.1, 0.15) is 35.8 Å². The molecule has 27 heavy (non-hydrogen) atoms. The molecule has 0 aliphatic heterocycles. The fourth-order valence-corrected chi connectivity index (χ4v) is 3.63. The van der Waals surface area contributed by atoms with Gasteiger partial charge in [-0.1, -0.05) is 18.2 Å². The van der Waals surface area contributed by atoms with E-state index in [1.54, 1.807) is 12.4 Å². The molecule has 1 aromatic carbocycles. The van der Waals surface area contributed by atoms with E-state index in [9.17, 15) is 4.79 Å². The number of hydrogen-bond donors (Lipinski definition) is 2. The van der Waals surface area contributed by atoms with Crippen molar-refractivity contribution in [1.29, 1.82) is 0 Å². The van der Waals surface area contributed by atoms with Gasteiger partial charge >= 0.3 is 6.03 Å². The summed E-state index contributed by atoms with van der Waals surface area (Å²) < 4.78 is 2.05. The van der Waals surface area contributed by atoms with Crippen LogP contribution < -0.4 is 10.6 Å². The molecule has 6 nitrogen and oxygen atoms in total. The molecule has 2 aromatic heterocycles. The summed E-state index contributed by atoms with van der Waals surface area (Å²) in [6.07, 6.45) is 11.2. The second-order valence-electron chi connectivity index (χ2n) is 6.72. The Hall–Kier alpha value is -3.15. The number of para-hydroxylation sites is 1. The molecule has 4 rings (SSSR count). The van der Waals surface area contributed by atoms with Gasteiger partial charge in [0.25, 0.3) is 0 Å². The number of carbonyl (C=O) groups excluding carboxylic acids is 1. The van der Waals surface area contributed by atoms with E-state index in [-0.39, 0.29) is 12.1 Å². The molecule has 2 N–H and O–H groups in total. The standard InChI is InChI=1S/C21H23N5O/c27-21(25-19-8-4-5-16-15-22-11-9-18(16)19)24-12-10-20-23-13-14-26(20)17-6-2-1-3-7-17/h1-3,6-7,9,11,13-15,19H,4-5,8,10,12H2,(H2,24,25,27). The lowest BCUT2D eigenvalue weighted by molar-refractivity contribution is 0.235. The van der Waals surface area contributed by atoms with E-state index < -0.39 is 0 Å². The van der Waals surface area contributed by atoms with Crippen LogP contribution >= 0.6 is 0 Å². The quantitative estimate of drug-likeness (QED) is 0.733. The molecule has 0 saturated heterocycles. The molecule has 138 valence electrons. The van der Waals surface area contributed by atoms with Crippen LogP contribution in [-0.4, -0.2) is 27.1 Å². The summed E-state index contributed by atoms with van der Waals surface area (Å²) in [5.41, 5.74) is 3.49. The third-order valence-corrected chi connectivity index (χ3v) is 4.95. The van der Waals surface area contributed by atoms with Gasteiger partial charge in [0.15, 0.2) is 0 Å². The number of carbonyl (C=O) groups is 1. The number of imidazole rings is 1. The second-order valence-corrected chi connectivity index (χ2v) is 6.72. The minimum atomic E-state index is -0.137.